The van der Waals surface area contributed by atoms with Crippen molar-refractivity contribution in [2.45, 2.75) is 39.2 Å². The lowest BCUT2D eigenvalue weighted by Crippen LogP contribution is -2.13. The molecular weight excluding hydrogens is 284 g/mol. The van der Waals surface area contributed by atoms with Gasteiger partial charge in [0, 0.05) is 11.7 Å². The lowest BCUT2D eigenvalue weighted by atomic mass is 10.1. The fraction of sp³-hybridized carbons (Fsp3) is 0.400. The van der Waals surface area contributed by atoms with Crippen molar-refractivity contribution in [1.82, 2.24) is 14.8 Å². The first kappa shape index (κ1) is 14.0. The Morgan fingerprint density at radius 1 is 1.43 bits per heavy atom. The Morgan fingerprint density at radius 3 is 2.90 bits per heavy atom. The van der Waals surface area contributed by atoms with Crippen LogP contribution in [0, 0.1) is 0 Å². The maximum absolute atomic E-state index is 5.86. The molecule has 0 saturated heterocycles. The number of aryl methyl sites for hydroxylation is 2. The number of thiocarbonyl (C=S) groups is 1. The van der Waals surface area contributed by atoms with E-state index in [1.807, 2.05) is 16.9 Å². The average Bonchev–Trinajstić information content (AvgIpc) is 3.05. The molecule has 6 heteroatoms. The molecule has 0 aromatic carbocycles. The minimum atomic E-state index is 0.283. The Bertz CT molecular complexity index is 693. The molecule has 2 aromatic heterocycles. The third-order valence-electron chi connectivity index (χ3n) is 3.60. The van der Waals surface area contributed by atoms with E-state index in [2.05, 4.69) is 23.9 Å². The van der Waals surface area contributed by atoms with E-state index in [-0.39, 0.29) is 6.04 Å². The van der Waals surface area contributed by atoms with Crippen LogP contribution in [0.5, 0.6) is 11.6 Å². The van der Waals surface area contributed by atoms with Crippen LogP contribution in [0.1, 0.15) is 43.1 Å². The van der Waals surface area contributed by atoms with Crippen LogP contribution in [0.2, 0.25) is 0 Å². The van der Waals surface area contributed by atoms with Crippen molar-refractivity contribution in [2.24, 2.45) is 5.73 Å². The third kappa shape index (κ3) is 2.76. The fourth-order valence-electron chi connectivity index (χ4n) is 2.47. The van der Waals surface area contributed by atoms with Crippen LogP contribution in [-0.2, 0) is 12.8 Å². The second kappa shape index (κ2) is 5.44. The summed E-state index contributed by atoms with van der Waals surface area (Å²) >= 11 is 5.12. The average molecular weight is 302 g/mol. The molecular formula is C15H18N4OS. The summed E-state index contributed by atoms with van der Waals surface area (Å²) in [6, 6.07) is 2.30. The van der Waals surface area contributed by atoms with Gasteiger partial charge in [-0.05, 0) is 44.7 Å². The van der Waals surface area contributed by atoms with E-state index in [4.69, 9.17) is 22.7 Å². The van der Waals surface area contributed by atoms with E-state index in [9.17, 15) is 0 Å². The number of hydrogen-bond acceptors (Lipinski definition) is 4. The maximum Gasteiger partial charge on any atom is 0.229 e. The van der Waals surface area contributed by atoms with Crippen LogP contribution < -0.4 is 10.5 Å². The number of nitrogens with zero attached hydrogens (tertiary/aromatic N) is 3. The van der Waals surface area contributed by atoms with Crippen molar-refractivity contribution >= 4 is 17.2 Å². The third-order valence-corrected chi connectivity index (χ3v) is 3.82. The highest BCUT2D eigenvalue weighted by Gasteiger charge is 2.19. The molecule has 0 bridgehead atoms. The Balaban J connectivity index is 1.95. The first-order valence-corrected chi connectivity index (χ1v) is 7.50. The summed E-state index contributed by atoms with van der Waals surface area (Å²) < 4.78 is 7.70. The highest BCUT2D eigenvalue weighted by atomic mass is 32.1. The minimum Gasteiger partial charge on any atom is -0.435 e. The molecule has 110 valence electrons. The van der Waals surface area contributed by atoms with Crippen LogP contribution in [0.3, 0.4) is 0 Å². The molecule has 0 saturated carbocycles. The summed E-state index contributed by atoms with van der Waals surface area (Å²) in [5.41, 5.74) is 8.81. The normalized spacial score (nSPS) is 13.5. The van der Waals surface area contributed by atoms with Crippen LogP contribution in [-0.4, -0.2) is 19.8 Å². The van der Waals surface area contributed by atoms with Crippen LogP contribution in [0.15, 0.2) is 18.5 Å². The maximum atomic E-state index is 5.86. The number of rotatable bonds is 4. The zero-order valence-corrected chi connectivity index (χ0v) is 13.0. The molecule has 0 unspecified atom stereocenters. The molecule has 0 atom stereocenters. The lowest BCUT2D eigenvalue weighted by molar-refractivity contribution is 0.456. The molecule has 1 aliphatic carbocycles. The number of fused-ring (bicyclic) bond motifs is 1. The van der Waals surface area contributed by atoms with Gasteiger partial charge in [0.15, 0.2) is 5.75 Å². The van der Waals surface area contributed by atoms with Gasteiger partial charge in [-0.2, -0.15) is 5.10 Å². The first-order chi connectivity index (χ1) is 10.0. The van der Waals surface area contributed by atoms with E-state index in [0.29, 0.717) is 22.2 Å². The van der Waals surface area contributed by atoms with Gasteiger partial charge < -0.3 is 10.5 Å². The summed E-state index contributed by atoms with van der Waals surface area (Å²) in [7, 11) is 0. The van der Waals surface area contributed by atoms with Gasteiger partial charge in [0.1, 0.15) is 4.99 Å². The zero-order chi connectivity index (χ0) is 15.0. The highest BCUT2D eigenvalue weighted by molar-refractivity contribution is 7.80. The zero-order valence-electron chi connectivity index (χ0n) is 12.2. The van der Waals surface area contributed by atoms with Gasteiger partial charge in [-0.3, -0.25) is 4.68 Å². The van der Waals surface area contributed by atoms with E-state index in [1.165, 1.54) is 5.56 Å². The number of pyridine rings is 1. The molecule has 0 spiro atoms. The van der Waals surface area contributed by atoms with E-state index >= 15 is 0 Å². The molecule has 2 N–H and O–H groups in total. The molecule has 2 heterocycles. The molecule has 21 heavy (non-hydrogen) atoms. The van der Waals surface area contributed by atoms with Crippen molar-refractivity contribution in [3.8, 4) is 11.6 Å². The molecule has 0 radical (unpaired) electrons. The quantitative estimate of drug-likeness (QED) is 0.880. The van der Waals surface area contributed by atoms with Gasteiger partial charge in [-0.25, -0.2) is 4.98 Å². The van der Waals surface area contributed by atoms with Gasteiger partial charge >= 0.3 is 0 Å². The van der Waals surface area contributed by atoms with Crippen molar-refractivity contribution in [1.29, 1.82) is 0 Å². The Hall–Kier alpha value is -1.95. The molecule has 2 aromatic rings. The highest BCUT2D eigenvalue weighted by Crippen LogP contribution is 2.29. The van der Waals surface area contributed by atoms with Crippen LogP contribution in [0.4, 0.5) is 0 Å². The Labute approximate surface area is 129 Å². The second-order valence-corrected chi connectivity index (χ2v) is 5.96. The number of nitrogens with two attached hydrogens (primary N) is 1. The minimum absolute atomic E-state index is 0.283. The molecule has 5 nitrogen and oxygen atoms in total. The van der Waals surface area contributed by atoms with Gasteiger partial charge in [0.25, 0.3) is 0 Å². The van der Waals surface area contributed by atoms with Gasteiger partial charge in [0.2, 0.25) is 5.88 Å². The molecule has 3 rings (SSSR count). The molecule has 1 aliphatic rings. The smallest absolute Gasteiger partial charge is 0.229 e. The standard InChI is InChI=1S/C15H18N4OS/c1-9(2)19-8-11(7-17-19)20-15-12(14(16)21)6-10-4-3-5-13(10)18-15/h6-9H,3-5H2,1-2H3,(H2,16,21). The van der Waals surface area contributed by atoms with Gasteiger partial charge in [0.05, 0.1) is 18.0 Å². The van der Waals surface area contributed by atoms with Crippen LogP contribution in [0.25, 0.3) is 0 Å². The predicted molar refractivity (Wildman–Crippen MR) is 84.8 cm³/mol. The van der Waals surface area contributed by atoms with Crippen molar-refractivity contribution < 1.29 is 4.74 Å². The molecule has 0 amide bonds. The van der Waals surface area contributed by atoms with E-state index < -0.39 is 0 Å². The largest absolute Gasteiger partial charge is 0.435 e. The summed E-state index contributed by atoms with van der Waals surface area (Å²) in [6.45, 7) is 4.12. The van der Waals surface area contributed by atoms with Crippen molar-refractivity contribution in [2.75, 3.05) is 0 Å². The fourth-order valence-corrected chi connectivity index (χ4v) is 2.62. The summed E-state index contributed by atoms with van der Waals surface area (Å²) in [5.74, 6) is 1.12. The molecule has 0 fully saturated rings. The number of aromatic nitrogens is 3. The monoisotopic (exact) mass is 302 g/mol. The second-order valence-electron chi connectivity index (χ2n) is 5.52. The summed E-state index contributed by atoms with van der Waals surface area (Å²) in [4.78, 5) is 4.91. The van der Waals surface area contributed by atoms with Gasteiger partial charge in [-0.15, -0.1) is 0 Å². The van der Waals surface area contributed by atoms with E-state index in [1.54, 1.807) is 6.20 Å². The predicted octanol–water partition coefficient (Wildman–Crippen LogP) is 2.77. The summed E-state index contributed by atoms with van der Waals surface area (Å²) in [5, 5.41) is 4.26. The summed E-state index contributed by atoms with van der Waals surface area (Å²) in [6.07, 6.45) is 6.66. The van der Waals surface area contributed by atoms with Crippen LogP contribution >= 0.6 is 12.2 Å². The lowest BCUT2D eigenvalue weighted by Gasteiger charge is -2.10. The number of hydrogen-bond donors (Lipinski definition) is 1. The van der Waals surface area contributed by atoms with Gasteiger partial charge in [-0.1, -0.05) is 12.2 Å². The molecule has 0 aliphatic heterocycles. The Morgan fingerprint density at radius 2 is 2.24 bits per heavy atom. The topological polar surface area (TPSA) is 66.0 Å². The van der Waals surface area contributed by atoms with Crippen molar-refractivity contribution in [3.63, 3.8) is 0 Å². The Kier molecular flexibility index (Phi) is 3.63. The first-order valence-electron chi connectivity index (χ1n) is 7.09. The number of ether oxygens (including phenoxy) is 1. The van der Waals surface area contributed by atoms with E-state index in [0.717, 1.165) is 25.0 Å². The SMILES string of the molecule is CC(C)n1cc(Oc2nc3c(cc2C(N)=S)CCC3)cn1. The van der Waals surface area contributed by atoms with Crippen molar-refractivity contribution in [3.05, 3.63) is 35.3 Å².